The maximum Gasteiger partial charge on any atom is 0.184 e. The summed E-state index contributed by atoms with van der Waals surface area (Å²) in [7, 11) is 0. The van der Waals surface area contributed by atoms with Crippen molar-refractivity contribution in [2.75, 3.05) is 19.8 Å². The number of ether oxygens (including phenoxy) is 5. The number of hydrogen-bond acceptors (Lipinski definition) is 5. The van der Waals surface area contributed by atoms with Crippen LogP contribution in [-0.4, -0.2) is 50.3 Å². The molecule has 2 saturated heterocycles. The molecule has 0 amide bonds. The molecule has 0 spiro atoms. The van der Waals surface area contributed by atoms with Gasteiger partial charge in [0.1, 0.15) is 24.4 Å². The Labute approximate surface area is 172 Å². The lowest BCUT2D eigenvalue weighted by atomic mass is 9.90. The lowest BCUT2D eigenvalue weighted by Crippen LogP contribution is -2.63. The number of rotatable bonds is 7. The lowest BCUT2D eigenvalue weighted by molar-refractivity contribution is -0.336. The average molecular weight is 398 g/mol. The normalized spacial score (nSPS) is 31.9. The minimum atomic E-state index is -0.419. The molecule has 0 bridgehead atoms. The Bertz CT molecular complexity index is 735. The quantitative estimate of drug-likeness (QED) is 0.707. The molecule has 4 rings (SSSR count). The van der Waals surface area contributed by atoms with Crippen LogP contribution in [0.1, 0.15) is 31.3 Å². The van der Waals surface area contributed by atoms with Gasteiger partial charge in [0.25, 0.3) is 0 Å². The van der Waals surface area contributed by atoms with Crippen molar-refractivity contribution in [1.29, 1.82) is 0 Å². The van der Waals surface area contributed by atoms with Crippen LogP contribution in [0.2, 0.25) is 0 Å². The first-order valence-corrected chi connectivity index (χ1v) is 10.5. The van der Waals surface area contributed by atoms with Gasteiger partial charge in [-0.3, -0.25) is 0 Å². The second-order valence-electron chi connectivity index (χ2n) is 7.42. The molecule has 2 aromatic rings. The van der Waals surface area contributed by atoms with Gasteiger partial charge in [0.2, 0.25) is 0 Å². The van der Waals surface area contributed by atoms with E-state index >= 15 is 0 Å². The van der Waals surface area contributed by atoms with Crippen LogP contribution in [0.25, 0.3) is 0 Å². The molecule has 5 nitrogen and oxygen atoms in total. The second-order valence-corrected chi connectivity index (χ2v) is 7.42. The Morgan fingerprint density at radius 1 is 0.828 bits per heavy atom. The van der Waals surface area contributed by atoms with E-state index in [2.05, 4.69) is 12.1 Å². The molecule has 2 aliphatic rings. The monoisotopic (exact) mass is 398 g/mol. The number of benzene rings is 2. The van der Waals surface area contributed by atoms with Gasteiger partial charge in [0, 0.05) is 25.2 Å². The van der Waals surface area contributed by atoms with Crippen LogP contribution in [0.3, 0.4) is 0 Å². The highest BCUT2D eigenvalue weighted by Gasteiger charge is 2.50. The number of hydrogen-bond donors (Lipinski definition) is 0. The average Bonchev–Trinajstić information content (AvgIpc) is 2.77. The highest BCUT2D eigenvalue weighted by Crippen LogP contribution is 2.37. The first-order chi connectivity index (χ1) is 14.3. The SMILES string of the molecule is CCO[C@@H]1[C@@H](OCC)[C@H](Cc2ccccc2)O[C@@H]2CO[C@@H](c3ccccc3)O[C@@H]12. The molecule has 0 aliphatic carbocycles. The highest BCUT2D eigenvalue weighted by atomic mass is 16.7. The molecular formula is C24H30O5. The molecule has 0 aromatic heterocycles. The zero-order valence-corrected chi connectivity index (χ0v) is 17.1. The van der Waals surface area contributed by atoms with Crippen LogP contribution in [0.5, 0.6) is 0 Å². The molecule has 156 valence electrons. The summed E-state index contributed by atoms with van der Waals surface area (Å²) in [6.07, 6.45) is -0.596. The third kappa shape index (κ3) is 4.71. The van der Waals surface area contributed by atoms with Gasteiger partial charge in [0.05, 0.1) is 12.7 Å². The summed E-state index contributed by atoms with van der Waals surface area (Å²) >= 11 is 0. The summed E-state index contributed by atoms with van der Waals surface area (Å²) in [5, 5.41) is 0. The Morgan fingerprint density at radius 3 is 2.17 bits per heavy atom. The van der Waals surface area contributed by atoms with E-state index in [0.717, 1.165) is 12.0 Å². The Balaban J connectivity index is 1.56. The van der Waals surface area contributed by atoms with Gasteiger partial charge < -0.3 is 23.7 Å². The topological polar surface area (TPSA) is 46.2 Å². The third-order valence-electron chi connectivity index (χ3n) is 5.49. The maximum absolute atomic E-state index is 6.47. The first-order valence-electron chi connectivity index (χ1n) is 10.5. The van der Waals surface area contributed by atoms with Crippen LogP contribution in [0.4, 0.5) is 0 Å². The Kier molecular flexibility index (Phi) is 6.95. The molecule has 2 aliphatic heterocycles. The molecule has 0 N–H and O–H groups in total. The van der Waals surface area contributed by atoms with Gasteiger partial charge in [0.15, 0.2) is 6.29 Å². The standard InChI is InChI=1S/C24H30O5/c1-3-25-21-19(15-17-11-7-5-8-12-17)28-20-16-27-24(18-13-9-6-10-14-18)29-22(20)23(21)26-4-2/h5-14,19-24H,3-4,15-16H2,1-2H3/t19-,20+,21-,22+,23+,24+/m0/s1. The van der Waals surface area contributed by atoms with E-state index in [1.807, 2.05) is 62.4 Å². The van der Waals surface area contributed by atoms with Crippen LogP contribution in [0, 0.1) is 0 Å². The molecule has 0 radical (unpaired) electrons. The minimum Gasteiger partial charge on any atom is -0.373 e. The van der Waals surface area contributed by atoms with Crippen molar-refractivity contribution < 1.29 is 23.7 Å². The second kappa shape index (κ2) is 9.83. The Hall–Kier alpha value is -1.76. The smallest absolute Gasteiger partial charge is 0.184 e. The van der Waals surface area contributed by atoms with Gasteiger partial charge in [-0.25, -0.2) is 0 Å². The molecule has 29 heavy (non-hydrogen) atoms. The molecule has 2 aromatic carbocycles. The summed E-state index contributed by atoms with van der Waals surface area (Å²) in [6.45, 7) is 5.67. The summed E-state index contributed by atoms with van der Waals surface area (Å²) in [5.74, 6) is 0. The highest BCUT2D eigenvalue weighted by molar-refractivity contribution is 5.18. The van der Waals surface area contributed by atoms with E-state index < -0.39 is 6.29 Å². The van der Waals surface area contributed by atoms with Crippen molar-refractivity contribution in [1.82, 2.24) is 0 Å². The van der Waals surface area contributed by atoms with Gasteiger partial charge in [-0.05, 0) is 19.4 Å². The van der Waals surface area contributed by atoms with Crippen LogP contribution >= 0.6 is 0 Å². The predicted octanol–water partition coefficient (Wildman–Crippen LogP) is 3.92. The van der Waals surface area contributed by atoms with Crippen molar-refractivity contribution in [3.63, 3.8) is 0 Å². The fourth-order valence-electron chi connectivity index (χ4n) is 4.23. The van der Waals surface area contributed by atoms with Crippen LogP contribution in [0.15, 0.2) is 60.7 Å². The molecule has 0 unspecified atom stereocenters. The number of fused-ring (bicyclic) bond motifs is 1. The van der Waals surface area contributed by atoms with Gasteiger partial charge >= 0.3 is 0 Å². The zero-order chi connectivity index (χ0) is 20.1. The van der Waals surface area contributed by atoms with Gasteiger partial charge in [-0.2, -0.15) is 0 Å². The molecule has 6 atom stereocenters. The van der Waals surface area contributed by atoms with Crippen LogP contribution in [-0.2, 0) is 30.1 Å². The van der Waals surface area contributed by atoms with Crippen molar-refractivity contribution in [3.8, 4) is 0 Å². The summed E-state index contributed by atoms with van der Waals surface area (Å²) < 4.78 is 31.2. The van der Waals surface area contributed by atoms with E-state index in [-0.39, 0.29) is 30.5 Å². The predicted molar refractivity (Wildman–Crippen MR) is 110 cm³/mol. The molecular weight excluding hydrogens is 368 g/mol. The summed E-state index contributed by atoms with van der Waals surface area (Å²) in [5.41, 5.74) is 2.22. The van der Waals surface area contributed by atoms with E-state index in [4.69, 9.17) is 23.7 Å². The van der Waals surface area contributed by atoms with E-state index in [0.29, 0.717) is 19.8 Å². The molecule has 2 fully saturated rings. The van der Waals surface area contributed by atoms with Gasteiger partial charge in [-0.1, -0.05) is 60.7 Å². The molecule has 5 heteroatoms. The fourth-order valence-corrected chi connectivity index (χ4v) is 4.23. The summed E-state index contributed by atoms with van der Waals surface area (Å²) in [4.78, 5) is 0. The summed E-state index contributed by atoms with van der Waals surface area (Å²) in [6, 6.07) is 20.4. The van der Waals surface area contributed by atoms with Crippen molar-refractivity contribution in [2.45, 2.75) is 57.1 Å². The van der Waals surface area contributed by atoms with Crippen molar-refractivity contribution >= 4 is 0 Å². The van der Waals surface area contributed by atoms with E-state index in [9.17, 15) is 0 Å². The lowest BCUT2D eigenvalue weighted by Gasteiger charge is -2.49. The third-order valence-corrected chi connectivity index (χ3v) is 5.49. The minimum absolute atomic E-state index is 0.115. The Morgan fingerprint density at radius 2 is 1.48 bits per heavy atom. The molecule has 2 heterocycles. The van der Waals surface area contributed by atoms with E-state index in [1.165, 1.54) is 5.56 Å². The van der Waals surface area contributed by atoms with Crippen molar-refractivity contribution in [2.24, 2.45) is 0 Å². The maximum atomic E-state index is 6.47. The van der Waals surface area contributed by atoms with Gasteiger partial charge in [-0.15, -0.1) is 0 Å². The van der Waals surface area contributed by atoms with Crippen LogP contribution < -0.4 is 0 Å². The largest absolute Gasteiger partial charge is 0.373 e. The first kappa shape index (κ1) is 20.5. The molecule has 0 saturated carbocycles. The zero-order valence-electron chi connectivity index (χ0n) is 17.1. The van der Waals surface area contributed by atoms with E-state index in [1.54, 1.807) is 0 Å². The fraction of sp³-hybridized carbons (Fsp3) is 0.500. The van der Waals surface area contributed by atoms with Crippen molar-refractivity contribution in [3.05, 3.63) is 71.8 Å².